The molecule has 194 valence electrons. The molecule has 6 N–H and O–H groups in total. The first-order chi connectivity index (χ1) is 16.0. The third-order valence-corrected chi connectivity index (χ3v) is 5.71. The number of esters is 1. The first-order valence-electron chi connectivity index (χ1n) is 9.92. The zero-order valence-electron chi connectivity index (χ0n) is 19.8. The second-order valence-corrected chi connectivity index (χ2v) is 9.29. The number of carbonyl (C=O) groups is 3. The molecule has 11 nitrogen and oxygen atoms in total. The predicted octanol–water partition coefficient (Wildman–Crippen LogP) is 0.614. The van der Waals surface area contributed by atoms with Crippen molar-refractivity contribution in [3.05, 3.63) is 60.7 Å². The number of anilines is 1. The number of aliphatic hydroxyl groups is 3. The van der Waals surface area contributed by atoms with E-state index in [4.69, 9.17) is 15.0 Å². The number of aliphatic hydroxyl groups excluding tert-OH is 3. The molecule has 1 rings (SSSR count). The van der Waals surface area contributed by atoms with Crippen LogP contribution in [0.3, 0.4) is 0 Å². The van der Waals surface area contributed by atoms with Crippen LogP contribution in [-0.4, -0.2) is 71.2 Å². The quantitative estimate of drug-likeness (QED) is 0.0912. The van der Waals surface area contributed by atoms with E-state index in [0.717, 1.165) is 0 Å². The number of nitrogen functional groups attached to an aromatic ring is 1. The number of hydrogen-bond acceptors (Lipinski definition) is 10. The van der Waals surface area contributed by atoms with Crippen molar-refractivity contribution in [2.45, 2.75) is 31.3 Å². The zero-order valence-corrected chi connectivity index (χ0v) is 20.6. The molecule has 0 spiro atoms. The van der Waals surface area contributed by atoms with Crippen LogP contribution in [0.2, 0.25) is 0 Å². The maximum Gasteiger partial charge on any atom is 0.334 e. The number of benzene rings is 1. The van der Waals surface area contributed by atoms with Crippen molar-refractivity contribution < 1.29 is 47.4 Å². The van der Waals surface area contributed by atoms with Gasteiger partial charge in [0.15, 0.2) is 0 Å². The Kier molecular flexibility index (Phi) is 11.4. The standard InChI is InChI=1S/C17H24O7.C6H7NO3S/c1-10(2)13(21)17(14(22)11(3)4,24-15(23)12(5)6)16(7-18,8-19)9-20;7-5-1-3-6(4-2-5)11(8,9)10/h18-20H,1,3,5,7-9H2,2,4,6H3;1-4H,7H2,(H,8,9,10). The van der Waals surface area contributed by atoms with Gasteiger partial charge in [0.05, 0.1) is 30.1 Å². The van der Waals surface area contributed by atoms with E-state index in [1.807, 2.05) is 0 Å². The highest BCUT2D eigenvalue weighted by Gasteiger charge is 2.64. The molecular weight excluding hydrogens is 482 g/mol. The molecule has 0 saturated heterocycles. The van der Waals surface area contributed by atoms with E-state index >= 15 is 0 Å². The van der Waals surface area contributed by atoms with Crippen LogP contribution >= 0.6 is 0 Å². The van der Waals surface area contributed by atoms with Gasteiger partial charge in [-0.1, -0.05) is 19.7 Å². The minimum Gasteiger partial charge on any atom is -0.438 e. The lowest BCUT2D eigenvalue weighted by atomic mass is 9.65. The fourth-order valence-electron chi connectivity index (χ4n) is 2.74. The Balaban J connectivity index is 0.000000867. The molecule has 0 aliphatic heterocycles. The highest BCUT2D eigenvalue weighted by molar-refractivity contribution is 7.85. The Hall–Kier alpha value is -3.16. The minimum atomic E-state index is -4.08. The van der Waals surface area contributed by atoms with Gasteiger partial charge in [-0.25, -0.2) is 4.79 Å². The number of ketones is 2. The fraction of sp³-hybridized carbons (Fsp3) is 0.348. The molecule has 0 saturated carbocycles. The summed E-state index contributed by atoms with van der Waals surface area (Å²) in [5, 5.41) is 29.2. The number of carbonyl (C=O) groups excluding carboxylic acids is 3. The first-order valence-corrected chi connectivity index (χ1v) is 11.4. The van der Waals surface area contributed by atoms with Crippen molar-refractivity contribution >= 4 is 33.3 Å². The van der Waals surface area contributed by atoms with E-state index in [1.54, 1.807) is 0 Å². The summed E-state index contributed by atoms with van der Waals surface area (Å²) in [6.07, 6.45) is 0. The van der Waals surface area contributed by atoms with Crippen molar-refractivity contribution in [2.75, 3.05) is 25.6 Å². The normalized spacial score (nSPS) is 11.5. The van der Waals surface area contributed by atoms with Gasteiger partial charge in [0.2, 0.25) is 17.2 Å². The second kappa shape index (κ2) is 12.5. The molecule has 0 atom stereocenters. The van der Waals surface area contributed by atoms with Crippen molar-refractivity contribution in [1.82, 2.24) is 0 Å². The summed E-state index contributed by atoms with van der Waals surface area (Å²) in [5.74, 6) is -3.21. The van der Waals surface area contributed by atoms with Crippen molar-refractivity contribution in [2.24, 2.45) is 5.41 Å². The summed E-state index contributed by atoms with van der Waals surface area (Å²) in [6.45, 7) is 11.1. The average molecular weight is 514 g/mol. The highest BCUT2D eigenvalue weighted by Crippen LogP contribution is 2.40. The van der Waals surface area contributed by atoms with Crippen LogP contribution in [0.5, 0.6) is 0 Å². The Bertz CT molecular complexity index is 1070. The molecule has 0 unspecified atom stereocenters. The van der Waals surface area contributed by atoms with Crippen LogP contribution in [0, 0.1) is 5.41 Å². The third kappa shape index (κ3) is 7.16. The molecule has 0 bridgehead atoms. The van der Waals surface area contributed by atoms with Gasteiger partial charge >= 0.3 is 5.97 Å². The largest absolute Gasteiger partial charge is 0.438 e. The molecular formula is C23H31NO10S. The molecule has 35 heavy (non-hydrogen) atoms. The van der Waals surface area contributed by atoms with E-state index < -0.39 is 58.5 Å². The van der Waals surface area contributed by atoms with Crippen molar-refractivity contribution in [3.8, 4) is 0 Å². The number of ether oxygens (including phenoxy) is 1. The number of rotatable bonds is 11. The number of Topliss-reactive ketones (excluding diaryl/α,β-unsaturated/α-hetero) is 2. The summed E-state index contributed by atoms with van der Waals surface area (Å²) >= 11 is 0. The van der Waals surface area contributed by atoms with Crippen molar-refractivity contribution in [1.29, 1.82) is 0 Å². The Morgan fingerprint density at radius 2 is 1.23 bits per heavy atom. The number of nitrogens with two attached hydrogens (primary N) is 1. The molecule has 0 fully saturated rings. The van der Waals surface area contributed by atoms with E-state index in [-0.39, 0.29) is 21.6 Å². The number of hydrogen-bond donors (Lipinski definition) is 5. The Morgan fingerprint density at radius 1 is 0.857 bits per heavy atom. The lowest BCUT2D eigenvalue weighted by molar-refractivity contribution is -0.196. The van der Waals surface area contributed by atoms with E-state index in [1.165, 1.54) is 45.0 Å². The monoisotopic (exact) mass is 513 g/mol. The summed E-state index contributed by atoms with van der Waals surface area (Å²) in [6, 6.07) is 5.29. The molecule has 1 aromatic rings. The highest BCUT2D eigenvalue weighted by atomic mass is 32.2. The van der Waals surface area contributed by atoms with Crippen LogP contribution in [0.15, 0.2) is 65.6 Å². The molecule has 0 radical (unpaired) electrons. The van der Waals surface area contributed by atoms with Crippen LogP contribution in [0.4, 0.5) is 5.69 Å². The summed E-state index contributed by atoms with van der Waals surface area (Å²) in [4.78, 5) is 37.5. The summed E-state index contributed by atoms with van der Waals surface area (Å²) in [7, 11) is -4.08. The lowest BCUT2D eigenvalue weighted by Gasteiger charge is -2.44. The third-order valence-electron chi connectivity index (χ3n) is 4.84. The predicted molar refractivity (Wildman–Crippen MR) is 128 cm³/mol. The smallest absolute Gasteiger partial charge is 0.334 e. The molecule has 0 aromatic heterocycles. The second-order valence-electron chi connectivity index (χ2n) is 7.87. The van der Waals surface area contributed by atoms with Gasteiger partial charge in [0, 0.05) is 11.3 Å². The molecule has 0 aliphatic carbocycles. The molecule has 12 heteroatoms. The van der Waals surface area contributed by atoms with Crippen LogP contribution < -0.4 is 5.73 Å². The summed E-state index contributed by atoms with van der Waals surface area (Å²) in [5.41, 5.74) is 0.409. The zero-order chi connectivity index (χ0) is 27.8. The van der Waals surface area contributed by atoms with Crippen LogP contribution in [-0.2, 0) is 29.2 Å². The van der Waals surface area contributed by atoms with Crippen LogP contribution in [0.1, 0.15) is 20.8 Å². The van der Waals surface area contributed by atoms with Gasteiger partial charge in [-0.3, -0.25) is 14.1 Å². The van der Waals surface area contributed by atoms with E-state index in [9.17, 15) is 38.1 Å². The average Bonchev–Trinajstić information content (AvgIpc) is 2.78. The van der Waals surface area contributed by atoms with Gasteiger partial charge in [-0.2, -0.15) is 8.42 Å². The van der Waals surface area contributed by atoms with Gasteiger partial charge < -0.3 is 25.8 Å². The van der Waals surface area contributed by atoms with Gasteiger partial charge in [0.1, 0.15) is 0 Å². The fourth-order valence-corrected chi connectivity index (χ4v) is 3.22. The summed E-state index contributed by atoms with van der Waals surface area (Å²) < 4.78 is 34.6. The topological polar surface area (TPSA) is 202 Å². The van der Waals surface area contributed by atoms with E-state index in [2.05, 4.69) is 19.7 Å². The molecule has 1 aromatic carbocycles. The van der Waals surface area contributed by atoms with Gasteiger partial charge in [-0.15, -0.1) is 0 Å². The maximum atomic E-state index is 12.8. The molecule has 0 heterocycles. The van der Waals surface area contributed by atoms with Crippen molar-refractivity contribution in [3.63, 3.8) is 0 Å². The lowest BCUT2D eigenvalue weighted by Crippen LogP contribution is -2.67. The Morgan fingerprint density at radius 3 is 1.49 bits per heavy atom. The first kappa shape index (κ1) is 31.8. The molecule has 0 amide bonds. The van der Waals surface area contributed by atoms with E-state index in [0.29, 0.717) is 5.69 Å². The minimum absolute atomic E-state index is 0.119. The SMILES string of the molecule is C=C(C)C(=O)OC(C(=O)C(=C)C)(C(=O)C(=C)C)C(CO)(CO)CO.Nc1ccc(S(=O)(=O)O)cc1. The maximum absolute atomic E-state index is 12.8. The molecule has 0 aliphatic rings. The van der Waals surface area contributed by atoms with Gasteiger partial charge in [0.25, 0.3) is 10.1 Å². The van der Waals surface area contributed by atoms with Gasteiger partial charge in [-0.05, 0) is 56.2 Å². The van der Waals surface area contributed by atoms with Crippen LogP contribution in [0.25, 0.3) is 0 Å². The Labute approximate surface area is 204 Å².